The van der Waals surface area contributed by atoms with Gasteiger partial charge in [0.05, 0.1) is 7.11 Å². The van der Waals surface area contributed by atoms with Crippen LogP contribution >= 0.6 is 0 Å². The highest BCUT2D eigenvalue weighted by Crippen LogP contribution is 2.11. The molecule has 118 valence electrons. The number of rotatable bonds is 6. The van der Waals surface area contributed by atoms with Gasteiger partial charge >= 0.3 is 5.97 Å². The maximum atomic E-state index is 11.6. The molecule has 2 rings (SSSR count). The van der Waals surface area contributed by atoms with Crippen molar-refractivity contribution in [3.05, 3.63) is 41.9 Å². The molecular formula is C15H17NO6. The van der Waals surface area contributed by atoms with Crippen molar-refractivity contribution in [3.8, 4) is 5.75 Å². The third-order valence-electron chi connectivity index (χ3n) is 2.83. The van der Waals surface area contributed by atoms with E-state index in [1.54, 1.807) is 19.2 Å². The molecule has 1 amide bonds. The van der Waals surface area contributed by atoms with Crippen molar-refractivity contribution in [3.63, 3.8) is 0 Å². The molecule has 0 atom stereocenters. The zero-order valence-electron chi connectivity index (χ0n) is 12.2. The lowest BCUT2D eigenvalue weighted by Gasteiger charge is -2.14. The Kier molecular flexibility index (Phi) is 5.65. The minimum atomic E-state index is -0.723. The highest BCUT2D eigenvalue weighted by Gasteiger charge is 2.17. The van der Waals surface area contributed by atoms with Gasteiger partial charge in [-0.15, -0.1) is 0 Å². The quantitative estimate of drug-likeness (QED) is 0.781. The molecule has 0 saturated heterocycles. The predicted molar refractivity (Wildman–Crippen MR) is 75.8 cm³/mol. The number of nitrogens with one attached hydrogen (secondary N) is 1. The summed E-state index contributed by atoms with van der Waals surface area (Å²) >= 11 is 0. The van der Waals surface area contributed by atoms with Gasteiger partial charge in [-0.1, -0.05) is 12.1 Å². The summed E-state index contributed by atoms with van der Waals surface area (Å²) in [7, 11) is 1.58. The van der Waals surface area contributed by atoms with Gasteiger partial charge in [0, 0.05) is 6.54 Å². The molecular weight excluding hydrogens is 290 g/mol. The van der Waals surface area contributed by atoms with E-state index in [0.29, 0.717) is 13.2 Å². The van der Waals surface area contributed by atoms with Crippen LogP contribution in [0.1, 0.15) is 5.56 Å². The van der Waals surface area contributed by atoms with Crippen molar-refractivity contribution in [2.75, 3.05) is 26.9 Å². The van der Waals surface area contributed by atoms with Crippen molar-refractivity contribution < 1.29 is 28.5 Å². The summed E-state index contributed by atoms with van der Waals surface area (Å²) in [6, 6.07) is 7.27. The van der Waals surface area contributed by atoms with Crippen LogP contribution in [-0.2, 0) is 30.3 Å². The first kappa shape index (κ1) is 15.7. The topological polar surface area (TPSA) is 83.1 Å². The second kappa shape index (κ2) is 7.92. The standard InChI is InChI=1S/C15H17NO6/c1-19-12-4-2-11(3-5-12)8-16-14(17)10-22-15(18)13-9-20-6-7-21-13/h2-5,9H,6-8,10H2,1H3,(H,16,17). The highest BCUT2D eigenvalue weighted by molar-refractivity contribution is 5.88. The molecule has 0 unspecified atom stereocenters. The van der Waals surface area contributed by atoms with Crippen LogP contribution in [0.15, 0.2) is 36.3 Å². The van der Waals surface area contributed by atoms with Gasteiger partial charge in [-0.25, -0.2) is 4.79 Å². The monoisotopic (exact) mass is 307 g/mol. The number of carbonyl (C=O) groups is 2. The van der Waals surface area contributed by atoms with E-state index in [4.69, 9.17) is 18.9 Å². The minimum absolute atomic E-state index is 0.0331. The number of benzene rings is 1. The Balaban J connectivity index is 1.71. The predicted octanol–water partition coefficient (Wildman–Crippen LogP) is 0.743. The highest BCUT2D eigenvalue weighted by atomic mass is 16.6. The first-order valence-electron chi connectivity index (χ1n) is 6.70. The first-order chi connectivity index (χ1) is 10.7. The molecule has 0 saturated carbocycles. The zero-order chi connectivity index (χ0) is 15.8. The molecule has 1 aliphatic heterocycles. The van der Waals surface area contributed by atoms with E-state index < -0.39 is 11.9 Å². The van der Waals surface area contributed by atoms with Gasteiger partial charge < -0.3 is 24.3 Å². The number of hydrogen-bond acceptors (Lipinski definition) is 6. The van der Waals surface area contributed by atoms with Gasteiger partial charge in [-0.05, 0) is 17.7 Å². The van der Waals surface area contributed by atoms with Crippen molar-refractivity contribution in [2.24, 2.45) is 0 Å². The molecule has 0 bridgehead atoms. The summed E-state index contributed by atoms with van der Waals surface area (Å²) < 4.78 is 19.8. The van der Waals surface area contributed by atoms with E-state index in [2.05, 4.69) is 5.32 Å². The summed E-state index contributed by atoms with van der Waals surface area (Å²) in [6.07, 6.45) is 1.18. The zero-order valence-corrected chi connectivity index (χ0v) is 12.2. The average molecular weight is 307 g/mol. The van der Waals surface area contributed by atoms with Gasteiger partial charge in [0.1, 0.15) is 25.2 Å². The Labute approximate surface area is 127 Å². The van der Waals surface area contributed by atoms with Crippen molar-refractivity contribution >= 4 is 11.9 Å². The average Bonchev–Trinajstić information content (AvgIpc) is 2.59. The maximum absolute atomic E-state index is 11.6. The molecule has 0 fully saturated rings. The molecule has 7 nitrogen and oxygen atoms in total. The van der Waals surface area contributed by atoms with Crippen LogP contribution in [0.2, 0.25) is 0 Å². The lowest BCUT2D eigenvalue weighted by molar-refractivity contribution is -0.149. The van der Waals surface area contributed by atoms with E-state index >= 15 is 0 Å². The summed E-state index contributed by atoms with van der Waals surface area (Å²) in [6.45, 7) is 0.627. The van der Waals surface area contributed by atoms with Crippen LogP contribution in [0.3, 0.4) is 0 Å². The first-order valence-corrected chi connectivity index (χ1v) is 6.70. The van der Waals surface area contributed by atoms with Gasteiger partial charge in [0.2, 0.25) is 5.76 Å². The number of methoxy groups -OCH3 is 1. The fourth-order valence-electron chi connectivity index (χ4n) is 1.67. The maximum Gasteiger partial charge on any atom is 0.377 e. The minimum Gasteiger partial charge on any atom is -0.497 e. The van der Waals surface area contributed by atoms with Gasteiger partial charge in [-0.2, -0.15) is 0 Å². The van der Waals surface area contributed by atoms with Crippen molar-refractivity contribution in [2.45, 2.75) is 6.54 Å². The molecule has 0 radical (unpaired) electrons. The smallest absolute Gasteiger partial charge is 0.377 e. The van der Waals surface area contributed by atoms with Crippen LogP contribution in [0.5, 0.6) is 5.75 Å². The van der Waals surface area contributed by atoms with Gasteiger partial charge in [0.25, 0.3) is 5.91 Å². The molecule has 1 aromatic rings. The number of carbonyl (C=O) groups excluding carboxylic acids is 2. The fraction of sp³-hybridized carbons (Fsp3) is 0.333. The van der Waals surface area contributed by atoms with Crippen molar-refractivity contribution in [1.29, 1.82) is 0 Å². The third kappa shape index (κ3) is 4.69. The molecule has 1 aliphatic rings. The van der Waals surface area contributed by atoms with E-state index in [9.17, 15) is 9.59 Å². The Bertz CT molecular complexity index is 552. The number of amides is 1. The van der Waals surface area contributed by atoms with Crippen LogP contribution in [0.25, 0.3) is 0 Å². The second-order valence-electron chi connectivity index (χ2n) is 4.40. The summed E-state index contributed by atoms with van der Waals surface area (Å²) in [5.41, 5.74) is 0.909. The van der Waals surface area contributed by atoms with Gasteiger partial charge in [0.15, 0.2) is 6.61 Å². The van der Waals surface area contributed by atoms with E-state index in [-0.39, 0.29) is 19.0 Å². The molecule has 1 aromatic carbocycles. The Morgan fingerprint density at radius 2 is 2.00 bits per heavy atom. The summed E-state index contributed by atoms with van der Waals surface area (Å²) in [4.78, 5) is 23.2. The lowest BCUT2D eigenvalue weighted by atomic mass is 10.2. The lowest BCUT2D eigenvalue weighted by Crippen LogP contribution is -2.29. The fourth-order valence-corrected chi connectivity index (χ4v) is 1.67. The van der Waals surface area contributed by atoms with E-state index in [1.807, 2.05) is 12.1 Å². The Hall–Kier alpha value is -2.70. The number of hydrogen-bond donors (Lipinski definition) is 1. The van der Waals surface area contributed by atoms with Crippen LogP contribution in [-0.4, -0.2) is 38.8 Å². The summed E-state index contributed by atoms with van der Waals surface area (Å²) in [5, 5.41) is 2.65. The van der Waals surface area contributed by atoms with E-state index in [1.165, 1.54) is 6.26 Å². The Morgan fingerprint density at radius 1 is 1.23 bits per heavy atom. The largest absolute Gasteiger partial charge is 0.497 e. The molecule has 0 spiro atoms. The number of ether oxygens (including phenoxy) is 4. The molecule has 0 aliphatic carbocycles. The van der Waals surface area contributed by atoms with Crippen molar-refractivity contribution in [1.82, 2.24) is 5.32 Å². The SMILES string of the molecule is COc1ccc(CNC(=O)COC(=O)C2=COCCO2)cc1. The Morgan fingerprint density at radius 3 is 2.64 bits per heavy atom. The molecule has 7 heteroatoms. The van der Waals surface area contributed by atoms with E-state index in [0.717, 1.165) is 11.3 Å². The molecule has 1 heterocycles. The molecule has 1 N–H and O–H groups in total. The van der Waals surface area contributed by atoms with Crippen LogP contribution < -0.4 is 10.1 Å². The molecule has 22 heavy (non-hydrogen) atoms. The summed E-state index contributed by atoms with van der Waals surface area (Å²) in [5.74, 6) is -0.415. The molecule has 0 aromatic heterocycles. The third-order valence-corrected chi connectivity index (χ3v) is 2.83. The van der Waals surface area contributed by atoms with Crippen LogP contribution in [0, 0.1) is 0 Å². The van der Waals surface area contributed by atoms with Gasteiger partial charge in [-0.3, -0.25) is 4.79 Å². The number of esters is 1. The van der Waals surface area contributed by atoms with Crippen LogP contribution in [0.4, 0.5) is 0 Å². The second-order valence-corrected chi connectivity index (χ2v) is 4.40. The normalized spacial score (nSPS) is 13.2.